The molecule has 0 aromatic heterocycles. The smallest absolute Gasteiger partial charge is 0.243 e. The lowest BCUT2D eigenvalue weighted by atomic mass is 10.0. The average molecular weight is 297 g/mol. The Labute approximate surface area is 121 Å². The maximum absolute atomic E-state index is 12.9. The van der Waals surface area contributed by atoms with Crippen LogP contribution >= 0.6 is 0 Å². The van der Waals surface area contributed by atoms with E-state index in [1.165, 1.54) is 4.31 Å². The number of aliphatic hydroxyl groups is 1. The van der Waals surface area contributed by atoms with Gasteiger partial charge in [0.1, 0.15) is 0 Å². The van der Waals surface area contributed by atoms with Crippen molar-refractivity contribution in [1.82, 2.24) is 4.31 Å². The van der Waals surface area contributed by atoms with Gasteiger partial charge in [-0.15, -0.1) is 0 Å². The molecular formula is C15H23NO3S. The van der Waals surface area contributed by atoms with Crippen LogP contribution in [0.2, 0.25) is 0 Å². The van der Waals surface area contributed by atoms with Gasteiger partial charge in [0.15, 0.2) is 0 Å². The number of β-amino-alcohol motifs (C(OH)–C–C–N with tert-alkyl or cyclic N) is 1. The Morgan fingerprint density at radius 2 is 1.70 bits per heavy atom. The first kappa shape index (κ1) is 15.5. The van der Waals surface area contributed by atoms with E-state index in [0.717, 1.165) is 22.3 Å². The lowest BCUT2D eigenvalue weighted by Crippen LogP contribution is -2.42. The van der Waals surface area contributed by atoms with Crippen molar-refractivity contribution < 1.29 is 13.5 Å². The van der Waals surface area contributed by atoms with Crippen molar-refractivity contribution in [3.8, 4) is 0 Å². The summed E-state index contributed by atoms with van der Waals surface area (Å²) in [5.41, 5.74) is 3.61. The summed E-state index contributed by atoms with van der Waals surface area (Å²) in [6.45, 7) is 8.28. The molecule has 1 aliphatic heterocycles. The van der Waals surface area contributed by atoms with Crippen molar-refractivity contribution in [3.05, 3.63) is 28.3 Å². The van der Waals surface area contributed by atoms with Gasteiger partial charge in [-0.1, -0.05) is 6.07 Å². The third kappa shape index (κ3) is 2.62. The molecule has 1 saturated heterocycles. The first-order chi connectivity index (χ1) is 9.25. The molecule has 20 heavy (non-hydrogen) atoms. The Hall–Kier alpha value is -0.910. The van der Waals surface area contributed by atoms with Crippen molar-refractivity contribution in [2.75, 3.05) is 13.1 Å². The monoisotopic (exact) mass is 297 g/mol. The van der Waals surface area contributed by atoms with E-state index in [4.69, 9.17) is 0 Å². The zero-order chi connectivity index (χ0) is 15.1. The normalized spacial score (nSPS) is 21.1. The Balaban J connectivity index is 2.55. The molecule has 1 atom stereocenters. The highest BCUT2D eigenvalue weighted by molar-refractivity contribution is 7.89. The van der Waals surface area contributed by atoms with Gasteiger partial charge in [0.05, 0.1) is 11.0 Å². The minimum Gasteiger partial charge on any atom is -0.392 e. The number of benzene rings is 1. The number of piperidine rings is 1. The van der Waals surface area contributed by atoms with Gasteiger partial charge in [-0.3, -0.25) is 0 Å². The third-order valence-corrected chi connectivity index (χ3v) is 6.39. The van der Waals surface area contributed by atoms with Gasteiger partial charge in [-0.2, -0.15) is 4.31 Å². The van der Waals surface area contributed by atoms with E-state index in [-0.39, 0.29) is 6.54 Å². The average Bonchev–Trinajstić information content (AvgIpc) is 2.36. The molecule has 0 saturated carbocycles. The number of rotatable bonds is 2. The highest BCUT2D eigenvalue weighted by Gasteiger charge is 2.32. The van der Waals surface area contributed by atoms with Gasteiger partial charge in [0, 0.05) is 13.1 Å². The van der Waals surface area contributed by atoms with Gasteiger partial charge >= 0.3 is 0 Å². The third-order valence-electron chi connectivity index (χ3n) is 4.25. The maximum atomic E-state index is 12.9. The Morgan fingerprint density at radius 3 is 2.20 bits per heavy atom. The van der Waals surface area contributed by atoms with Crippen LogP contribution in [0.5, 0.6) is 0 Å². The molecule has 0 spiro atoms. The summed E-state index contributed by atoms with van der Waals surface area (Å²) < 4.78 is 27.2. The molecule has 0 radical (unpaired) electrons. The summed E-state index contributed by atoms with van der Waals surface area (Å²) in [6, 6.07) is 2.02. The van der Waals surface area contributed by atoms with E-state index < -0.39 is 16.1 Å². The number of aliphatic hydroxyl groups excluding tert-OH is 1. The molecule has 4 nitrogen and oxygen atoms in total. The molecule has 112 valence electrons. The molecule has 1 aliphatic rings. The molecule has 1 fully saturated rings. The second-order valence-corrected chi connectivity index (χ2v) is 7.62. The van der Waals surface area contributed by atoms with E-state index in [0.29, 0.717) is 24.3 Å². The van der Waals surface area contributed by atoms with E-state index in [1.54, 1.807) is 0 Å². The van der Waals surface area contributed by atoms with Gasteiger partial charge in [0.25, 0.3) is 0 Å². The van der Waals surface area contributed by atoms with Crippen molar-refractivity contribution in [1.29, 1.82) is 0 Å². The Bertz CT molecular complexity index is 596. The first-order valence-corrected chi connectivity index (χ1v) is 8.44. The summed E-state index contributed by atoms with van der Waals surface area (Å²) in [5, 5.41) is 9.73. The summed E-state index contributed by atoms with van der Waals surface area (Å²) in [6.07, 6.45) is 0.838. The largest absolute Gasteiger partial charge is 0.392 e. The zero-order valence-corrected chi connectivity index (χ0v) is 13.4. The van der Waals surface area contributed by atoms with Crippen LogP contribution in [0.25, 0.3) is 0 Å². The molecule has 0 aliphatic carbocycles. The van der Waals surface area contributed by atoms with Crippen LogP contribution in [0.15, 0.2) is 11.0 Å². The fourth-order valence-electron chi connectivity index (χ4n) is 2.84. The number of aryl methyl sites for hydroxylation is 2. The Kier molecular flexibility index (Phi) is 4.23. The van der Waals surface area contributed by atoms with E-state index in [2.05, 4.69) is 0 Å². The van der Waals surface area contributed by atoms with Crippen LogP contribution in [-0.4, -0.2) is 37.0 Å². The molecule has 1 aromatic carbocycles. The SMILES string of the molecule is Cc1cc(C)c(C)c(S(=O)(=O)N2CCC[C@H](O)C2)c1C. The fourth-order valence-corrected chi connectivity index (χ4v) is 4.93. The summed E-state index contributed by atoms with van der Waals surface area (Å²) in [4.78, 5) is 0.420. The summed E-state index contributed by atoms with van der Waals surface area (Å²) in [7, 11) is -3.53. The van der Waals surface area contributed by atoms with Crippen LogP contribution in [0.3, 0.4) is 0 Å². The van der Waals surface area contributed by atoms with E-state index >= 15 is 0 Å². The van der Waals surface area contributed by atoms with Crippen LogP contribution in [0.4, 0.5) is 0 Å². The van der Waals surface area contributed by atoms with Crippen LogP contribution in [-0.2, 0) is 10.0 Å². The number of hydrogen-bond donors (Lipinski definition) is 1. The lowest BCUT2D eigenvalue weighted by Gasteiger charge is -2.30. The molecule has 1 heterocycles. The van der Waals surface area contributed by atoms with Crippen molar-refractivity contribution in [2.24, 2.45) is 0 Å². The van der Waals surface area contributed by atoms with Crippen molar-refractivity contribution in [2.45, 2.75) is 51.5 Å². The second-order valence-electron chi connectivity index (χ2n) is 5.75. The lowest BCUT2D eigenvalue weighted by molar-refractivity contribution is 0.108. The van der Waals surface area contributed by atoms with Crippen LogP contribution in [0.1, 0.15) is 35.1 Å². The second kappa shape index (κ2) is 5.47. The van der Waals surface area contributed by atoms with Gasteiger partial charge in [0.2, 0.25) is 10.0 Å². The van der Waals surface area contributed by atoms with E-state index in [9.17, 15) is 13.5 Å². The molecule has 1 N–H and O–H groups in total. The highest BCUT2D eigenvalue weighted by Crippen LogP contribution is 2.30. The fraction of sp³-hybridized carbons (Fsp3) is 0.600. The quantitative estimate of drug-likeness (QED) is 0.909. The van der Waals surface area contributed by atoms with Crippen molar-refractivity contribution in [3.63, 3.8) is 0 Å². The van der Waals surface area contributed by atoms with Crippen molar-refractivity contribution >= 4 is 10.0 Å². The van der Waals surface area contributed by atoms with Crippen LogP contribution < -0.4 is 0 Å². The van der Waals surface area contributed by atoms with Gasteiger partial charge in [-0.25, -0.2) is 8.42 Å². The summed E-state index contributed by atoms with van der Waals surface area (Å²) >= 11 is 0. The number of hydrogen-bond acceptors (Lipinski definition) is 3. The molecule has 5 heteroatoms. The van der Waals surface area contributed by atoms with Gasteiger partial charge in [-0.05, 0) is 62.8 Å². The maximum Gasteiger partial charge on any atom is 0.243 e. The first-order valence-electron chi connectivity index (χ1n) is 7.00. The molecule has 0 unspecified atom stereocenters. The van der Waals surface area contributed by atoms with E-state index in [1.807, 2.05) is 33.8 Å². The topological polar surface area (TPSA) is 57.6 Å². The predicted octanol–water partition coefficient (Wildman–Crippen LogP) is 2.07. The summed E-state index contributed by atoms with van der Waals surface area (Å²) in [5.74, 6) is 0. The van der Waals surface area contributed by atoms with Gasteiger partial charge < -0.3 is 5.11 Å². The number of sulfonamides is 1. The molecule has 1 aromatic rings. The molecule has 0 bridgehead atoms. The minimum atomic E-state index is -3.53. The highest BCUT2D eigenvalue weighted by atomic mass is 32.2. The molecule has 2 rings (SSSR count). The minimum absolute atomic E-state index is 0.203. The van der Waals surface area contributed by atoms with Crippen LogP contribution in [0, 0.1) is 27.7 Å². The Morgan fingerprint density at radius 1 is 1.15 bits per heavy atom. The molecule has 0 amide bonds. The standard InChI is InChI=1S/C15H23NO3S/c1-10-8-11(2)13(4)15(12(10)3)20(18,19)16-7-5-6-14(17)9-16/h8,14,17H,5-7,9H2,1-4H3/t14-/m0/s1. The zero-order valence-electron chi connectivity index (χ0n) is 12.6. The molecular weight excluding hydrogens is 274 g/mol. The predicted molar refractivity (Wildman–Crippen MR) is 79.4 cm³/mol. The number of nitrogens with zero attached hydrogens (tertiary/aromatic N) is 1.